The van der Waals surface area contributed by atoms with Gasteiger partial charge in [-0.05, 0) is 42.0 Å². The molecule has 1 N–H and O–H groups in total. The number of aliphatic hydroxyl groups is 1. The lowest BCUT2D eigenvalue weighted by molar-refractivity contribution is -0.662. The Balaban J connectivity index is 0.00000320. The van der Waals surface area contributed by atoms with E-state index in [1.165, 1.54) is 10.3 Å². The summed E-state index contributed by atoms with van der Waals surface area (Å²) in [6.45, 7) is 1.39. The van der Waals surface area contributed by atoms with E-state index in [4.69, 9.17) is 9.47 Å². The highest BCUT2D eigenvalue weighted by Gasteiger charge is 2.23. The van der Waals surface area contributed by atoms with Crippen molar-refractivity contribution in [3.8, 4) is 11.5 Å². The van der Waals surface area contributed by atoms with Crippen LogP contribution in [0.2, 0.25) is 0 Å². The number of β-amino-alcohol motifs (C(OH)–C–C–N with tert-alkyl or cyclic N) is 1. The van der Waals surface area contributed by atoms with Crippen LogP contribution in [0.3, 0.4) is 0 Å². The van der Waals surface area contributed by atoms with Crippen LogP contribution in [0.5, 0.6) is 11.5 Å². The van der Waals surface area contributed by atoms with Crippen LogP contribution in [0.4, 0.5) is 5.69 Å². The Hall–Kier alpha value is -3.26. The molecule has 0 spiro atoms. The summed E-state index contributed by atoms with van der Waals surface area (Å²) in [5.74, 6) is 1.56. The van der Waals surface area contributed by atoms with E-state index in [9.17, 15) is 5.11 Å². The van der Waals surface area contributed by atoms with Crippen LogP contribution >= 0.6 is 11.8 Å². The Labute approximate surface area is 232 Å². The van der Waals surface area contributed by atoms with E-state index in [1.54, 1.807) is 26.0 Å². The minimum Gasteiger partial charge on any atom is -1.00 e. The number of methoxy groups -OCH3 is 2. The lowest BCUT2D eigenvalue weighted by atomic mass is 10.1. The fraction of sp³-hybridized carbons (Fsp3) is 0.167. The van der Waals surface area contributed by atoms with Gasteiger partial charge in [-0.15, -0.1) is 0 Å². The number of rotatable bonds is 8. The summed E-state index contributed by atoms with van der Waals surface area (Å²) in [7, 11) is 3.34. The van der Waals surface area contributed by atoms with E-state index in [2.05, 4.69) is 82.4 Å². The van der Waals surface area contributed by atoms with Gasteiger partial charge in [0, 0.05) is 35.2 Å². The lowest BCUT2D eigenvalue weighted by Crippen LogP contribution is -3.00. The van der Waals surface area contributed by atoms with E-state index in [-0.39, 0.29) is 23.6 Å². The molecule has 1 aliphatic heterocycles. The van der Waals surface area contributed by atoms with Crippen molar-refractivity contribution in [2.75, 3.05) is 32.3 Å². The van der Waals surface area contributed by atoms with Gasteiger partial charge < -0.3 is 36.5 Å². The van der Waals surface area contributed by atoms with Crippen molar-refractivity contribution in [2.24, 2.45) is 0 Å². The van der Waals surface area contributed by atoms with Crippen LogP contribution < -0.4 is 35.9 Å². The minimum atomic E-state index is 0. The third-order valence-electron chi connectivity index (χ3n) is 6.20. The van der Waals surface area contributed by atoms with Gasteiger partial charge in [0.1, 0.15) is 11.5 Å². The van der Waals surface area contributed by atoms with Crippen molar-refractivity contribution >= 4 is 34.4 Å². The average Bonchev–Trinajstić information content (AvgIpc) is 3.27. The molecule has 7 heteroatoms. The maximum Gasteiger partial charge on any atom is 0.213 e. The molecule has 0 saturated carbocycles. The first-order chi connectivity index (χ1) is 17.7. The van der Waals surface area contributed by atoms with Gasteiger partial charge in [-0.25, -0.2) is 0 Å². The second-order valence-electron chi connectivity index (χ2n) is 8.45. The first-order valence-corrected chi connectivity index (χ1v) is 12.7. The summed E-state index contributed by atoms with van der Waals surface area (Å²) in [6, 6.07) is 24.9. The molecule has 0 bridgehead atoms. The molecule has 0 unspecified atom stereocenters. The number of para-hydroxylation sites is 2. The van der Waals surface area contributed by atoms with Crippen molar-refractivity contribution in [2.45, 2.75) is 11.4 Å². The van der Waals surface area contributed by atoms with Crippen LogP contribution in [0.1, 0.15) is 11.1 Å². The van der Waals surface area contributed by atoms with E-state index < -0.39 is 0 Å². The highest BCUT2D eigenvalue weighted by atomic mass is 79.9. The van der Waals surface area contributed by atoms with E-state index >= 15 is 0 Å². The number of anilines is 1. The fourth-order valence-corrected chi connectivity index (χ4v) is 5.59. The molecule has 1 aliphatic rings. The van der Waals surface area contributed by atoms with Gasteiger partial charge in [0.15, 0.2) is 12.7 Å². The summed E-state index contributed by atoms with van der Waals surface area (Å²) >= 11 is 1.73. The molecule has 4 aromatic rings. The fourth-order valence-electron chi connectivity index (χ4n) is 4.49. The number of ether oxygens (including phenoxy) is 2. The Bertz CT molecular complexity index is 1430. The first-order valence-electron chi connectivity index (χ1n) is 11.9. The number of hydrogen-bond acceptors (Lipinski definition) is 5. The van der Waals surface area contributed by atoms with Crippen molar-refractivity contribution in [1.29, 1.82) is 0 Å². The molecule has 0 amide bonds. The Kier molecular flexibility index (Phi) is 8.92. The summed E-state index contributed by atoms with van der Waals surface area (Å²) < 4.78 is 13.1. The monoisotopic (exact) mass is 576 g/mol. The quantitative estimate of drug-likeness (QED) is 0.327. The van der Waals surface area contributed by atoms with Gasteiger partial charge in [-0.3, -0.25) is 0 Å². The number of aromatic nitrogens is 1. The predicted molar refractivity (Wildman–Crippen MR) is 147 cm³/mol. The highest BCUT2D eigenvalue weighted by Crippen LogP contribution is 2.45. The SMILES string of the molecule is COc1cc(C[n+]2ccc(/C=C/C=C3/Sc4ccccc4N3CCO)c3ccccc32)cc(OC)c1.[Br-]. The predicted octanol–water partition coefficient (Wildman–Crippen LogP) is 2.66. The smallest absolute Gasteiger partial charge is 0.213 e. The summed E-state index contributed by atoms with van der Waals surface area (Å²) in [6.07, 6.45) is 8.49. The van der Waals surface area contributed by atoms with Crippen molar-refractivity contribution in [1.82, 2.24) is 0 Å². The maximum atomic E-state index is 9.57. The summed E-state index contributed by atoms with van der Waals surface area (Å²) in [4.78, 5) is 3.38. The van der Waals surface area contributed by atoms with Gasteiger partial charge in [0.05, 0.1) is 36.9 Å². The Morgan fingerprint density at radius 1 is 0.946 bits per heavy atom. The minimum absolute atomic E-state index is 0. The number of allylic oxidation sites excluding steroid dienone is 2. The molecule has 2 heterocycles. The number of aliphatic hydroxyl groups excluding tert-OH is 1. The maximum absolute atomic E-state index is 9.57. The Morgan fingerprint density at radius 2 is 1.68 bits per heavy atom. The molecular weight excluding hydrogens is 548 g/mol. The normalized spacial score (nSPS) is 13.7. The molecule has 0 atom stereocenters. The van der Waals surface area contributed by atoms with Gasteiger partial charge in [-0.2, -0.15) is 4.57 Å². The van der Waals surface area contributed by atoms with Gasteiger partial charge in [0.25, 0.3) is 0 Å². The molecule has 190 valence electrons. The number of hydrogen-bond donors (Lipinski definition) is 1. The molecule has 37 heavy (non-hydrogen) atoms. The zero-order valence-corrected chi connectivity index (χ0v) is 23.2. The van der Waals surface area contributed by atoms with E-state index in [0.29, 0.717) is 13.1 Å². The molecule has 3 aromatic carbocycles. The number of nitrogens with zero attached hydrogens (tertiary/aromatic N) is 2. The number of fused-ring (bicyclic) bond motifs is 2. The molecule has 5 rings (SSSR count). The number of halogens is 1. The standard InChI is InChI=1S/C30H29N2O3S.BrH/c1-34-24-18-22(19-25(20-24)35-2)21-31-15-14-23(26-9-3-4-10-27(26)31)8-7-13-30-32(16-17-33)28-11-5-6-12-29(28)36-30;/h3-15,18-20,33H,16-17,21H2,1-2H3;1H/q+1;/p-1. The molecule has 0 radical (unpaired) electrons. The van der Waals surface area contributed by atoms with Crippen LogP contribution in [-0.2, 0) is 6.54 Å². The third kappa shape index (κ3) is 5.85. The van der Waals surface area contributed by atoms with Crippen molar-refractivity contribution < 1.29 is 36.1 Å². The van der Waals surface area contributed by atoms with Crippen LogP contribution in [-0.4, -0.2) is 32.5 Å². The first kappa shape index (κ1) is 26.8. The van der Waals surface area contributed by atoms with Crippen LogP contribution in [0.15, 0.2) is 101 Å². The molecule has 0 aliphatic carbocycles. The van der Waals surface area contributed by atoms with Crippen LogP contribution in [0.25, 0.3) is 17.0 Å². The zero-order chi connectivity index (χ0) is 24.9. The molecular formula is C30H29BrN2O3S. The molecule has 0 fully saturated rings. The largest absolute Gasteiger partial charge is 1.00 e. The summed E-state index contributed by atoms with van der Waals surface area (Å²) in [5.41, 5.74) is 4.56. The van der Waals surface area contributed by atoms with E-state index in [1.807, 2.05) is 24.3 Å². The van der Waals surface area contributed by atoms with Crippen molar-refractivity contribution in [3.63, 3.8) is 0 Å². The average molecular weight is 578 g/mol. The van der Waals surface area contributed by atoms with E-state index in [0.717, 1.165) is 38.9 Å². The van der Waals surface area contributed by atoms with Crippen molar-refractivity contribution in [3.05, 3.63) is 107 Å². The topological polar surface area (TPSA) is 45.8 Å². The molecule has 1 aromatic heterocycles. The number of pyridine rings is 1. The number of thioether (sulfide) groups is 1. The van der Waals surface area contributed by atoms with Crippen LogP contribution in [0, 0.1) is 0 Å². The molecule has 0 saturated heterocycles. The summed E-state index contributed by atoms with van der Waals surface area (Å²) in [5, 5.41) is 11.9. The highest BCUT2D eigenvalue weighted by molar-refractivity contribution is 8.03. The lowest BCUT2D eigenvalue weighted by Gasteiger charge is -2.18. The number of benzene rings is 3. The Morgan fingerprint density at radius 3 is 2.43 bits per heavy atom. The second-order valence-corrected chi connectivity index (χ2v) is 9.51. The van der Waals surface area contributed by atoms with Gasteiger partial charge >= 0.3 is 0 Å². The van der Waals surface area contributed by atoms with Gasteiger partial charge in [0.2, 0.25) is 5.52 Å². The second kappa shape index (κ2) is 12.3. The van der Waals surface area contributed by atoms with Gasteiger partial charge in [-0.1, -0.05) is 48.2 Å². The molecule has 5 nitrogen and oxygen atoms in total. The third-order valence-corrected chi connectivity index (χ3v) is 7.33. The zero-order valence-electron chi connectivity index (χ0n) is 20.8.